The molecule has 0 bridgehead atoms. The fraction of sp³-hybridized carbons (Fsp3) is 0.333. The van der Waals surface area contributed by atoms with Gasteiger partial charge in [-0.3, -0.25) is 9.59 Å². The Labute approximate surface area is 130 Å². The highest BCUT2D eigenvalue weighted by molar-refractivity contribution is 5.83. The maximum absolute atomic E-state index is 11.6. The molecule has 4 nitrogen and oxygen atoms in total. The normalized spacial score (nSPS) is 12.3. The summed E-state index contributed by atoms with van der Waals surface area (Å²) in [5.74, 6) is -1.78. The number of carboxylic acid groups (broad SMARTS) is 1. The van der Waals surface area contributed by atoms with Crippen LogP contribution in [-0.2, 0) is 16.0 Å². The number of hydrogen-bond donors (Lipinski definition) is 2. The van der Waals surface area contributed by atoms with Crippen molar-refractivity contribution in [2.45, 2.75) is 20.3 Å². The summed E-state index contributed by atoms with van der Waals surface area (Å²) in [6.07, 6.45) is 0.401. The van der Waals surface area contributed by atoms with Crippen LogP contribution in [0.4, 0.5) is 0 Å². The molecule has 0 saturated carbocycles. The lowest BCUT2D eigenvalue weighted by atomic mass is 9.97. The molecule has 116 valence electrons. The second-order valence-corrected chi connectivity index (χ2v) is 5.82. The van der Waals surface area contributed by atoms with Gasteiger partial charge in [-0.05, 0) is 22.8 Å². The van der Waals surface area contributed by atoms with Crippen molar-refractivity contribution in [2.75, 3.05) is 6.54 Å². The molecule has 0 fully saturated rings. The number of rotatable bonds is 6. The van der Waals surface area contributed by atoms with Crippen LogP contribution in [0, 0.1) is 11.8 Å². The summed E-state index contributed by atoms with van der Waals surface area (Å²) in [5.41, 5.74) is 0.963. The smallest absolute Gasteiger partial charge is 0.308 e. The molecule has 2 rings (SSSR count). The molecule has 1 unspecified atom stereocenters. The molecule has 1 amide bonds. The Morgan fingerprint density at radius 1 is 1.09 bits per heavy atom. The Morgan fingerprint density at radius 2 is 1.77 bits per heavy atom. The summed E-state index contributed by atoms with van der Waals surface area (Å²) in [6.45, 7) is 3.72. The molecule has 22 heavy (non-hydrogen) atoms. The van der Waals surface area contributed by atoms with E-state index in [1.165, 1.54) is 0 Å². The first-order chi connectivity index (χ1) is 10.5. The molecule has 4 heteroatoms. The number of aliphatic carboxylic acids is 1. The summed E-state index contributed by atoms with van der Waals surface area (Å²) < 4.78 is 0. The van der Waals surface area contributed by atoms with Crippen molar-refractivity contribution in [1.82, 2.24) is 5.32 Å². The van der Waals surface area contributed by atoms with Gasteiger partial charge in [0.15, 0.2) is 0 Å². The number of amides is 1. The van der Waals surface area contributed by atoms with Crippen molar-refractivity contribution in [3.05, 3.63) is 48.0 Å². The van der Waals surface area contributed by atoms with Crippen LogP contribution in [0.2, 0.25) is 0 Å². The van der Waals surface area contributed by atoms with Gasteiger partial charge in [-0.15, -0.1) is 0 Å². The van der Waals surface area contributed by atoms with Gasteiger partial charge < -0.3 is 10.4 Å². The fourth-order valence-electron chi connectivity index (χ4n) is 2.32. The third-order valence-electron chi connectivity index (χ3n) is 3.69. The lowest BCUT2D eigenvalue weighted by Crippen LogP contribution is -2.36. The van der Waals surface area contributed by atoms with E-state index in [0.29, 0.717) is 6.42 Å². The highest BCUT2D eigenvalue weighted by Gasteiger charge is 2.19. The summed E-state index contributed by atoms with van der Waals surface area (Å²) in [6, 6.07) is 13.9. The van der Waals surface area contributed by atoms with Gasteiger partial charge in [-0.2, -0.15) is 0 Å². The highest BCUT2D eigenvalue weighted by atomic mass is 16.4. The molecule has 1 atom stereocenters. The monoisotopic (exact) mass is 299 g/mol. The lowest BCUT2D eigenvalue weighted by Gasteiger charge is -2.15. The summed E-state index contributed by atoms with van der Waals surface area (Å²) in [4.78, 5) is 23.0. The van der Waals surface area contributed by atoms with Gasteiger partial charge in [0.25, 0.3) is 0 Å². The van der Waals surface area contributed by atoms with E-state index < -0.39 is 11.9 Å². The minimum Gasteiger partial charge on any atom is -0.481 e. The molecule has 0 saturated heterocycles. The van der Waals surface area contributed by atoms with Crippen LogP contribution in [0.15, 0.2) is 42.5 Å². The Morgan fingerprint density at radius 3 is 2.41 bits per heavy atom. The third kappa shape index (κ3) is 4.07. The van der Waals surface area contributed by atoms with E-state index in [2.05, 4.69) is 5.32 Å². The van der Waals surface area contributed by atoms with E-state index in [9.17, 15) is 14.7 Å². The third-order valence-corrected chi connectivity index (χ3v) is 3.69. The lowest BCUT2D eigenvalue weighted by molar-refractivity contribution is -0.141. The van der Waals surface area contributed by atoms with E-state index >= 15 is 0 Å². The molecule has 0 spiro atoms. The summed E-state index contributed by atoms with van der Waals surface area (Å²) in [7, 11) is 0. The van der Waals surface area contributed by atoms with E-state index in [-0.39, 0.29) is 18.4 Å². The molecule has 0 heterocycles. The number of carboxylic acids is 1. The van der Waals surface area contributed by atoms with Gasteiger partial charge in [0.05, 0.1) is 5.92 Å². The molecule has 0 radical (unpaired) electrons. The quantitative estimate of drug-likeness (QED) is 0.862. The minimum absolute atomic E-state index is 0.121. The SMILES string of the molecule is CC(C)C(=O)NCC(Cc1ccc2ccccc2c1)C(=O)O. The van der Waals surface area contributed by atoms with Crippen molar-refractivity contribution >= 4 is 22.6 Å². The zero-order chi connectivity index (χ0) is 16.1. The maximum Gasteiger partial charge on any atom is 0.308 e. The zero-order valence-corrected chi connectivity index (χ0v) is 12.9. The second-order valence-electron chi connectivity index (χ2n) is 5.82. The van der Waals surface area contributed by atoms with Gasteiger partial charge >= 0.3 is 5.97 Å². The van der Waals surface area contributed by atoms with Gasteiger partial charge in [0, 0.05) is 12.5 Å². The Kier molecular flexibility index (Phi) is 5.15. The molecule has 0 aromatic heterocycles. The zero-order valence-electron chi connectivity index (χ0n) is 12.9. The van der Waals surface area contributed by atoms with Crippen LogP contribution < -0.4 is 5.32 Å². The van der Waals surface area contributed by atoms with Gasteiger partial charge in [0.1, 0.15) is 0 Å². The van der Waals surface area contributed by atoms with Crippen LogP contribution in [0.3, 0.4) is 0 Å². The average molecular weight is 299 g/mol. The van der Waals surface area contributed by atoms with Gasteiger partial charge in [0.2, 0.25) is 5.91 Å². The first-order valence-corrected chi connectivity index (χ1v) is 7.45. The van der Waals surface area contributed by atoms with E-state index in [1.54, 1.807) is 13.8 Å². The first-order valence-electron chi connectivity index (χ1n) is 7.45. The maximum atomic E-state index is 11.6. The molecule has 0 aliphatic carbocycles. The van der Waals surface area contributed by atoms with Crippen LogP contribution in [0.1, 0.15) is 19.4 Å². The molecule has 0 aliphatic rings. The Balaban J connectivity index is 2.09. The van der Waals surface area contributed by atoms with Gasteiger partial charge in [-0.1, -0.05) is 56.3 Å². The van der Waals surface area contributed by atoms with Crippen LogP contribution >= 0.6 is 0 Å². The molecule has 2 aromatic rings. The number of benzene rings is 2. The van der Waals surface area contributed by atoms with Crippen LogP contribution in [-0.4, -0.2) is 23.5 Å². The highest BCUT2D eigenvalue weighted by Crippen LogP contribution is 2.18. The summed E-state index contributed by atoms with van der Waals surface area (Å²) in [5, 5.41) is 14.3. The molecular formula is C18H21NO3. The Bertz CT molecular complexity index is 679. The predicted molar refractivity (Wildman–Crippen MR) is 86.6 cm³/mol. The number of nitrogens with one attached hydrogen (secondary N) is 1. The van der Waals surface area contributed by atoms with E-state index in [0.717, 1.165) is 16.3 Å². The number of hydrogen-bond acceptors (Lipinski definition) is 2. The predicted octanol–water partition coefficient (Wildman–Crippen LogP) is 2.86. The first kappa shape index (κ1) is 16.0. The summed E-state index contributed by atoms with van der Waals surface area (Å²) >= 11 is 0. The van der Waals surface area contributed by atoms with Crippen molar-refractivity contribution in [3.63, 3.8) is 0 Å². The van der Waals surface area contributed by atoms with Gasteiger partial charge in [-0.25, -0.2) is 0 Å². The van der Waals surface area contributed by atoms with Crippen LogP contribution in [0.5, 0.6) is 0 Å². The molecule has 0 aliphatic heterocycles. The van der Waals surface area contributed by atoms with Crippen LogP contribution in [0.25, 0.3) is 10.8 Å². The number of carbonyl (C=O) groups excluding carboxylic acids is 1. The van der Waals surface area contributed by atoms with Crippen molar-refractivity contribution in [3.8, 4) is 0 Å². The molecule has 2 aromatic carbocycles. The largest absolute Gasteiger partial charge is 0.481 e. The topological polar surface area (TPSA) is 66.4 Å². The van der Waals surface area contributed by atoms with E-state index in [4.69, 9.17) is 0 Å². The van der Waals surface area contributed by atoms with E-state index in [1.807, 2.05) is 42.5 Å². The van der Waals surface area contributed by atoms with Crippen molar-refractivity contribution in [2.24, 2.45) is 11.8 Å². The Hall–Kier alpha value is -2.36. The molecule has 2 N–H and O–H groups in total. The number of fused-ring (bicyclic) bond motifs is 1. The molecular weight excluding hydrogens is 278 g/mol. The fourth-order valence-corrected chi connectivity index (χ4v) is 2.32. The number of carbonyl (C=O) groups is 2. The second kappa shape index (κ2) is 7.07. The average Bonchev–Trinajstić information content (AvgIpc) is 2.50. The van der Waals surface area contributed by atoms with Crippen molar-refractivity contribution < 1.29 is 14.7 Å². The van der Waals surface area contributed by atoms with Crippen molar-refractivity contribution in [1.29, 1.82) is 0 Å². The minimum atomic E-state index is -0.891. The standard InChI is InChI=1S/C18H21NO3/c1-12(2)17(20)19-11-16(18(21)22)10-13-7-8-14-5-3-4-6-15(14)9-13/h3-9,12,16H,10-11H2,1-2H3,(H,19,20)(H,21,22).